The zero-order valence-electron chi connectivity index (χ0n) is 13.8. The van der Waals surface area contributed by atoms with Crippen LogP contribution in [0.25, 0.3) is 5.69 Å². The van der Waals surface area contributed by atoms with E-state index in [1.165, 1.54) is 19.6 Å². The highest BCUT2D eigenvalue weighted by molar-refractivity contribution is 5.88. The lowest BCUT2D eigenvalue weighted by Gasteiger charge is -2.10. The van der Waals surface area contributed by atoms with Crippen LogP contribution in [0.15, 0.2) is 48.1 Å². The maximum atomic E-state index is 11.1. The predicted octanol–water partition coefficient (Wildman–Crippen LogP) is 2.53. The van der Waals surface area contributed by atoms with E-state index in [1.807, 2.05) is 38.1 Å². The van der Waals surface area contributed by atoms with Gasteiger partial charge in [0.1, 0.15) is 12.7 Å². The Bertz CT molecular complexity index is 875. The van der Waals surface area contributed by atoms with Crippen molar-refractivity contribution < 1.29 is 4.79 Å². The third-order valence-electron chi connectivity index (χ3n) is 3.65. The molecule has 0 saturated heterocycles. The monoisotopic (exact) mass is 322 g/mol. The summed E-state index contributed by atoms with van der Waals surface area (Å²) in [5.41, 5.74) is 5.01. The van der Waals surface area contributed by atoms with E-state index in [0.717, 1.165) is 28.3 Å². The summed E-state index contributed by atoms with van der Waals surface area (Å²) in [5, 5.41) is 14.5. The van der Waals surface area contributed by atoms with Crippen molar-refractivity contribution in [2.24, 2.45) is 5.10 Å². The Morgan fingerprint density at radius 2 is 1.83 bits per heavy atom. The summed E-state index contributed by atoms with van der Waals surface area (Å²) in [4.78, 5) is 11.1. The van der Waals surface area contributed by atoms with Crippen LogP contribution in [0.1, 0.15) is 23.9 Å². The van der Waals surface area contributed by atoms with Crippen LogP contribution in [0, 0.1) is 13.8 Å². The minimum atomic E-state index is -0.0800. The first-order valence-corrected chi connectivity index (χ1v) is 7.50. The molecule has 1 amide bonds. The molecule has 24 heavy (non-hydrogen) atoms. The average molecular weight is 322 g/mol. The van der Waals surface area contributed by atoms with Gasteiger partial charge in [0.15, 0.2) is 0 Å². The lowest BCUT2D eigenvalue weighted by atomic mass is 10.2. The van der Waals surface area contributed by atoms with Gasteiger partial charge in [-0.25, -0.2) is 4.68 Å². The smallest absolute Gasteiger partial charge is 0.221 e. The van der Waals surface area contributed by atoms with Crippen LogP contribution in [0.5, 0.6) is 0 Å². The number of nitrogens with one attached hydrogen (secondary N) is 1. The fourth-order valence-corrected chi connectivity index (χ4v) is 2.60. The Morgan fingerprint density at radius 1 is 1.17 bits per heavy atom. The number of carbonyl (C=O) groups is 1. The topological polar surface area (TPSA) is 77.1 Å². The summed E-state index contributed by atoms with van der Waals surface area (Å²) >= 11 is 0. The third-order valence-corrected chi connectivity index (χ3v) is 3.65. The first kappa shape index (κ1) is 15.7. The van der Waals surface area contributed by atoms with Crippen LogP contribution in [0.3, 0.4) is 0 Å². The zero-order chi connectivity index (χ0) is 17.1. The van der Waals surface area contributed by atoms with Gasteiger partial charge in [-0.15, -0.1) is 10.2 Å². The van der Waals surface area contributed by atoms with E-state index in [0.29, 0.717) is 0 Å². The highest BCUT2D eigenvalue weighted by Gasteiger charge is 2.09. The van der Waals surface area contributed by atoms with Gasteiger partial charge in [-0.3, -0.25) is 4.79 Å². The minimum absolute atomic E-state index is 0.0800. The number of aryl methyl sites for hydroxylation is 1. The molecule has 3 rings (SSSR count). The zero-order valence-corrected chi connectivity index (χ0v) is 13.8. The molecule has 0 atom stereocenters. The van der Waals surface area contributed by atoms with Gasteiger partial charge in [0.2, 0.25) is 5.91 Å². The molecule has 2 aromatic heterocycles. The molecular formula is C17H18N6O. The first-order valence-electron chi connectivity index (χ1n) is 7.50. The van der Waals surface area contributed by atoms with Crippen LogP contribution in [0.4, 0.5) is 5.69 Å². The molecule has 0 spiro atoms. The molecular weight excluding hydrogens is 304 g/mol. The van der Waals surface area contributed by atoms with Crippen LogP contribution >= 0.6 is 0 Å². The molecule has 1 N–H and O–H groups in total. The Labute approximate surface area is 139 Å². The third kappa shape index (κ3) is 3.24. The van der Waals surface area contributed by atoms with E-state index in [1.54, 1.807) is 10.9 Å². The van der Waals surface area contributed by atoms with Crippen LogP contribution < -0.4 is 5.32 Å². The summed E-state index contributed by atoms with van der Waals surface area (Å²) in [6.07, 6.45) is 4.86. The Balaban J connectivity index is 1.90. The fraction of sp³-hybridized carbons (Fsp3) is 0.176. The highest BCUT2D eigenvalue weighted by atomic mass is 16.1. The maximum Gasteiger partial charge on any atom is 0.221 e. The van der Waals surface area contributed by atoms with Crippen LogP contribution in [-0.4, -0.2) is 31.6 Å². The van der Waals surface area contributed by atoms with Gasteiger partial charge < -0.3 is 9.88 Å². The predicted molar refractivity (Wildman–Crippen MR) is 92.6 cm³/mol. The normalized spacial score (nSPS) is 11.1. The van der Waals surface area contributed by atoms with Gasteiger partial charge in [-0.05, 0) is 44.2 Å². The number of rotatable bonds is 4. The highest BCUT2D eigenvalue weighted by Crippen LogP contribution is 2.21. The lowest BCUT2D eigenvalue weighted by Crippen LogP contribution is -2.06. The molecule has 3 aromatic rings. The number of hydrogen-bond donors (Lipinski definition) is 1. The van der Waals surface area contributed by atoms with Crippen molar-refractivity contribution in [3.63, 3.8) is 0 Å². The van der Waals surface area contributed by atoms with Crippen molar-refractivity contribution in [1.82, 2.24) is 19.4 Å². The summed E-state index contributed by atoms with van der Waals surface area (Å²) in [7, 11) is 0. The average Bonchev–Trinajstić information content (AvgIpc) is 3.14. The number of nitrogens with zero attached hydrogens (tertiary/aromatic N) is 5. The molecule has 0 fully saturated rings. The Kier molecular flexibility index (Phi) is 4.24. The van der Waals surface area contributed by atoms with E-state index in [-0.39, 0.29) is 5.91 Å². The molecule has 0 unspecified atom stereocenters. The first-order chi connectivity index (χ1) is 11.5. The van der Waals surface area contributed by atoms with Crippen molar-refractivity contribution in [2.75, 3.05) is 5.32 Å². The number of carbonyl (C=O) groups excluding carboxylic acids is 1. The number of hydrogen-bond acceptors (Lipinski definition) is 4. The summed E-state index contributed by atoms with van der Waals surface area (Å²) in [6, 6.07) is 9.81. The second-order valence-electron chi connectivity index (χ2n) is 5.48. The van der Waals surface area contributed by atoms with Gasteiger partial charge in [0.25, 0.3) is 0 Å². The van der Waals surface area contributed by atoms with Gasteiger partial charge in [-0.2, -0.15) is 5.10 Å². The molecule has 0 aliphatic heterocycles. The van der Waals surface area contributed by atoms with Crippen LogP contribution in [-0.2, 0) is 4.79 Å². The summed E-state index contributed by atoms with van der Waals surface area (Å²) in [5.74, 6) is -0.0800. The molecule has 7 nitrogen and oxygen atoms in total. The van der Waals surface area contributed by atoms with Crippen LogP contribution in [0.2, 0.25) is 0 Å². The van der Waals surface area contributed by atoms with Gasteiger partial charge in [0.05, 0.1) is 6.21 Å². The molecule has 0 aliphatic rings. The van der Waals surface area contributed by atoms with E-state index >= 15 is 0 Å². The van der Waals surface area contributed by atoms with Crippen molar-refractivity contribution in [2.45, 2.75) is 20.8 Å². The molecule has 0 radical (unpaired) electrons. The van der Waals surface area contributed by atoms with Gasteiger partial charge >= 0.3 is 0 Å². The molecule has 122 valence electrons. The molecule has 7 heteroatoms. The Hall–Kier alpha value is -3.22. The van der Waals surface area contributed by atoms with Crippen molar-refractivity contribution in [3.05, 3.63) is 59.9 Å². The van der Waals surface area contributed by atoms with Gasteiger partial charge in [0, 0.05) is 35.2 Å². The second-order valence-corrected chi connectivity index (χ2v) is 5.48. The molecule has 0 bridgehead atoms. The van der Waals surface area contributed by atoms with Crippen molar-refractivity contribution in [1.29, 1.82) is 0 Å². The number of anilines is 1. The largest absolute Gasteiger partial charge is 0.326 e. The molecule has 0 aliphatic carbocycles. The molecule has 1 aromatic carbocycles. The number of amides is 1. The standard InChI is InChI=1S/C17H18N6O/c1-12-8-15(9-20-22-10-18-19-11-22)13(2)23(12)17-6-4-16(5-7-17)21-14(3)24/h4-11H,1-3H3,(H,21,24)/b20-9-. The van der Waals surface area contributed by atoms with E-state index < -0.39 is 0 Å². The van der Waals surface area contributed by atoms with E-state index in [9.17, 15) is 4.79 Å². The lowest BCUT2D eigenvalue weighted by molar-refractivity contribution is -0.114. The molecule has 2 heterocycles. The summed E-state index contributed by atoms with van der Waals surface area (Å²) < 4.78 is 3.69. The summed E-state index contributed by atoms with van der Waals surface area (Å²) in [6.45, 7) is 5.59. The second kappa shape index (κ2) is 6.49. The van der Waals surface area contributed by atoms with E-state index in [4.69, 9.17) is 0 Å². The SMILES string of the molecule is CC(=O)Nc1ccc(-n2c(C)cc(/C=N\n3cnnc3)c2C)cc1. The van der Waals surface area contributed by atoms with Crippen molar-refractivity contribution >= 4 is 17.8 Å². The number of benzene rings is 1. The van der Waals surface area contributed by atoms with E-state index in [2.05, 4.69) is 31.2 Å². The fourth-order valence-electron chi connectivity index (χ4n) is 2.60. The quantitative estimate of drug-likeness (QED) is 0.750. The minimum Gasteiger partial charge on any atom is -0.326 e. The van der Waals surface area contributed by atoms with Crippen molar-refractivity contribution in [3.8, 4) is 5.69 Å². The number of aromatic nitrogens is 4. The Morgan fingerprint density at radius 3 is 2.46 bits per heavy atom. The molecule has 0 saturated carbocycles. The van der Waals surface area contributed by atoms with Gasteiger partial charge in [-0.1, -0.05) is 0 Å². The maximum absolute atomic E-state index is 11.1.